The van der Waals surface area contributed by atoms with Crippen molar-refractivity contribution in [1.82, 2.24) is 5.32 Å². The minimum atomic E-state index is -0.899. The van der Waals surface area contributed by atoms with Gasteiger partial charge in [-0.05, 0) is 61.5 Å². The molecule has 0 fully saturated rings. The van der Waals surface area contributed by atoms with Gasteiger partial charge < -0.3 is 15.4 Å². The second-order valence-corrected chi connectivity index (χ2v) is 6.75. The van der Waals surface area contributed by atoms with Crippen LogP contribution in [0, 0.1) is 17.6 Å². The van der Waals surface area contributed by atoms with Crippen LogP contribution in [0.1, 0.15) is 22.8 Å². The van der Waals surface area contributed by atoms with E-state index in [1.165, 1.54) is 6.92 Å². The number of hydrogen-bond donors (Lipinski definition) is 2. The number of hydrogen-bond acceptors (Lipinski definition) is 6. The van der Waals surface area contributed by atoms with Gasteiger partial charge in [0.25, 0.3) is 11.8 Å². The quantitative estimate of drug-likeness (QED) is 0.422. The largest absolute Gasteiger partial charge is 0.454 e. The van der Waals surface area contributed by atoms with Crippen molar-refractivity contribution in [3.8, 4) is 5.40 Å². The Morgan fingerprint density at radius 3 is 2.54 bits per heavy atom. The third-order valence-electron chi connectivity index (χ3n) is 3.72. The second-order valence-electron chi connectivity index (χ2n) is 5.89. The number of nitriles is 1. The monoisotopic (exact) mass is 397 g/mol. The van der Waals surface area contributed by atoms with E-state index in [0.717, 1.165) is 22.2 Å². The Bertz CT molecular complexity index is 909. The average molecular weight is 397 g/mol. The minimum absolute atomic E-state index is 0.402. The summed E-state index contributed by atoms with van der Waals surface area (Å²) in [7, 11) is 0. The maximum Gasteiger partial charge on any atom is 0.328 e. The van der Waals surface area contributed by atoms with E-state index in [9.17, 15) is 14.4 Å². The summed E-state index contributed by atoms with van der Waals surface area (Å²) in [6.07, 6.45) is 0. The van der Waals surface area contributed by atoms with Gasteiger partial charge in [0.2, 0.25) is 0 Å². The van der Waals surface area contributed by atoms with Crippen molar-refractivity contribution < 1.29 is 19.1 Å². The Hall–Kier alpha value is -3.31. The fraction of sp³-hybridized carbons (Fsp3) is 0.200. The molecular weight excluding hydrogens is 378 g/mol. The molecule has 0 aromatic heterocycles. The highest BCUT2D eigenvalue weighted by Crippen LogP contribution is 2.23. The van der Waals surface area contributed by atoms with Gasteiger partial charge in [0.05, 0.1) is 0 Å². The van der Waals surface area contributed by atoms with Crippen LogP contribution in [0.2, 0.25) is 0 Å². The molecule has 0 aliphatic rings. The molecule has 1 atom stereocenters. The Morgan fingerprint density at radius 2 is 1.89 bits per heavy atom. The van der Waals surface area contributed by atoms with E-state index >= 15 is 0 Å². The van der Waals surface area contributed by atoms with Crippen LogP contribution in [0.3, 0.4) is 0 Å². The molecule has 8 heteroatoms. The maximum atomic E-state index is 12.0. The van der Waals surface area contributed by atoms with Gasteiger partial charge in [0.1, 0.15) is 11.4 Å². The van der Waals surface area contributed by atoms with Gasteiger partial charge in [-0.2, -0.15) is 5.26 Å². The van der Waals surface area contributed by atoms with E-state index in [2.05, 4.69) is 10.6 Å². The van der Waals surface area contributed by atoms with Crippen LogP contribution in [0.25, 0.3) is 0 Å². The van der Waals surface area contributed by atoms with Crippen LogP contribution < -0.4 is 10.6 Å². The fourth-order valence-corrected chi connectivity index (χ4v) is 2.75. The lowest BCUT2D eigenvalue weighted by molar-refractivity contribution is -0.148. The number of thiocyanates is 1. The third-order valence-corrected chi connectivity index (χ3v) is 4.30. The van der Waals surface area contributed by atoms with E-state index in [0.29, 0.717) is 11.3 Å². The number of esters is 1. The maximum absolute atomic E-state index is 12.0. The second kappa shape index (κ2) is 10.1. The Morgan fingerprint density at radius 1 is 1.18 bits per heavy atom. The predicted molar refractivity (Wildman–Crippen MR) is 106 cm³/mol. The smallest absolute Gasteiger partial charge is 0.328 e. The van der Waals surface area contributed by atoms with Crippen LogP contribution in [0.15, 0.2) is 53.4 Å². The number of amides is 2. The van der Waals surface area contributed by atoms with Crippen molar-refractivity contribution in [2.24, 2.45) is 0 Å². The highest BCUT2D eigenvalue weighted by molar-refractivity contribution is 8.03. The van der Waals surface area contributed by atoms with E-state index in [-0.39, 0.29) is 0 Å². The summed E-state index contributed by atoms with van der Waals surface area (Å²) in [5, 5.41) is 15.8. The number of rotatable bonds is 7. The van der Waals surface area contributed by atoms with Crippen LogP contribution in [-0.2, 0) is 14.3 Å². The molecule has 0 spiro atoms. The van der Waals surface area contributed by atoms with E-state index in [1.807, 2.05) is 5.40 Å². The van der Waals surface area contributed by atoms with Gasteiger partial charge in [-0.25, -0.2) is 4.79 Å². The minimum Gasteiger partial charge on any atom is -0.454 e. The van der Waals surface area contributed by atoms with Crippen LogP contribution in [-0.4, -0.2) is 30.4 Å². The lowest BCUT2D eigenvalue weighted by atomic mass is 10.2. The van der Waals surface area contributed by atoms with Gasteiger partial charge in [0.15, 0.2) is 6.61 Å². The Kier molecular flexibility index (Phi) is 7.60. The molecule has 2 aromatic carbocycles. The average Bonchev–Trinajstić information content (AvgIpc) is 2.69. The molecule has 0 saturated heterocycles. The molecule has 28 heavy (non-hydrogen) atoms. The zero-order valence-corrected chi connectivity index (χ0v) is 16.2. The number of carbonyl (C=O) groups excluding carboxylic acids is 3. The summed E-state index contributed by atoms with van der Waals surface area (Å²) < 4.78 is 4.96. The van der Waals surface area contributed by atoms with Crippen molar-refractivity contribution in [3.63, 3.8) is 0 Å². The van der Waals surface area contributed by atoms with Gasteiger partial charge in [-0.15, -0.1) is 0 Å². The van der Waals surface area contributed by atoms with E-state index in [4.69, 9.17) is 10.00 Å². The zero-order valence-electron chi connectivity index (χ0n) is 15.4. The predicted octanol–water partition coefficient (Wildman–Crippen LogP) is 2.87. The molecule has 2 N–H and O–H groups in total. The van der Waals surface area contributed by atoms with Crippen molar-refractivity contribution in [3.05, 3.63) is 59.7 Å². The number of thioether (sulfide) groups is 1. The molecule has 0 saturated carbocycles. The summed E-state index contributed by atoms with van der Waals surface area (Å²) in [6.45, 7) is 2.81. The molecule has 0 bridgehead atoms. The molecule has 0 radical (unpaired) electrons. The molecule has 2 rings (SSSR count). The molecule has 144 valence electrons. The molecule has 0 heterocycles. The summed E-state index contributed by atoms with van der Waals surface area (Å²) in [5.41, 5.74) is 1.77. The van der Waals surface area contributed by atoms with Crippen molar-refractivity contribution in [2.75, 3.05) is 11.9 Å². The fourth-order valence-electron chi connectivity index (χ4n) is 2.27. The number of aryl methyl sites for hydroxylation is 1. The van der Waals surface area contributed by atoms with E-state index in [1.54, 1.807) is 55.5 Å². The molecular formula is C20H19N3O4S. The molecule has 2 amide bonds. The van der Waals surface area contributed by atoms with Gasteiger partial charge in [-0.1, -0.05) is 18.2 Å². The molecule has 0 aliphatic carbocycles. The normalized spacial score (nSPS) is 11.0. The van der Waals surface area contributed by atoms with Crippen molar-refractivity contribution >= 4 is 35.2 Å². The number of nitrogens with one attached hydrogen (secondary N) is 2. The molecule has 0 unspecified atom stereocenters. The highest BCUT2D eigenvalue weighted by atomic mass is 32.2. The summed E-state index contributed by atoms with van der Waals surface area (Å²) >= 11 is 1.03. The molecule has 2 aromatic rings. The Labute approximate surface area is 167 Å². The van der Waals surface area contributed by atoms with Crippen LogP contribution in [0.5, 0.6) is 0 Å². The first-order valence-electron chi connectivity index (χ1n) is 8.39. The number of benzene rings is 2. The van der Waals surface area contributed by atoms with Crippen molar-refractivity contribution in [2.45, 2.75) is 24.8 Å². The van der Waals surface area contributed by atoms with E-state index < -0.39 is 30.4 Å². The third kappa shape index (κ3) is 6.14. The number of anilines is 1. The summed E-state index contributed by atoms with van der Waals surface area (Å²) in [6, 6.07) is 12.7. The number of ether oxygens (including phenoxy) is 1. The van der Waals surface area contributed by atoms with Gasteiger partial charge >= 0.3 is 5.97 Å². The first-order valence-corrected chi connectivity index (χ1v) is 9.21. The SMILES string of the molecule is Cc1cc(SC#N)ccc1NC(=O)COC(=O)[C@H](C)NC(=O)c1ccccc1. The van der Waals surface area contributed by atoms with Crippen LogP contribution in [0.4, 0.5) is 5.69 Å². The van der Waals surface area contributed by atoms with Crippen molar-refractivity contribution in [1.29, 1.82) is 5.26 Å². The zero-order chi connectivity index (χ0) is 20.5. The van der Waals surface area contributed by atoms with Gasteiger partial charge in [0, 0.05) is 16.1 Å². The first-order chi connectivity index (χ1) is 13.4. The number of carbonyl (C=O) groups is 3. The lowest BCUT2D eigenvalue weighted by Gasteiger charge is -2.14. The highest BCUT2D eigenvalue weighted by Gasteiger charge is 2.19. The van der Waals surface area contributed by atoms with Gasteiger partial charge in [-0.3, -0.25) is 9.59 Å². The number of nitrogens with zero attached hydrogens (tertiary/aromatic N) is 1. The molecule has 0 aliphatic heterocycles. The topological polar surface area (TPSA) is 108 Å². The first kappa shape index (κ1) is 21.0. The standard InChI is InChI=1S/C20H19N3O4S/c1-13-10-16(28-12-21)8-9-17(13)23-18(24)11-27-20(26)14(2)22-19(25)15-6-4-3-5-7-15/h3-10,14H,11H2,1-2H3,(H,22,25)(H,23,24)/t14-/m0/s1. The Balaban J connectivity index is 1.82. The summed E-state index contributed by atoms with van der Waals surface area (Å²) in [5.74, 6) is -1.61. The molecule has 7 nitrogen and oxygen atoms in total. The summed E-state index contributed by atoms with van der Waals surface area (Å²) in [4.78, 5) is 36.8. The van der Waals surface area contributed by atoms with Crippen LogP contribution >= 0.6 is 11.8 Å². The lowest BCUT2D eigenvalue weighted by Crippen LogP contribution is -2.40.